The average Bonchev–Trinajstić information content (AvgIpc) is 2.68. The number of ketones is 1. The van der Waals surface area contributed by atoms with E-state index in [0.717, 1.165) is 44.7 Å². The van der Waals surface area contributed by atoms with Crippen molar-refractivity contribution in [2.45, 2.75) is 46.5 Å². The van der Waals surface area contributed by atoms with Gasteiger partial charge in [0.15, 0.2) is 5.78 Å². The molecule has 1 aliphatic carbocycles. The van der Waals surface area contributed by atoms with E-state index >= 15 is 0 Å². The van der Waals surface area contributed by atoms with Crippen molar-refractivity contribution in [2.24, 2.45) is 5.41 Å². The largest absolute Gasteiger partial charge is 0.362 e. The highest BCUT2D eigenvalue weighted by Crippen LogP contribution is 2.46. The summed E-state index contributed by atoms with van der Waals surface area (Å²) in [6.45, 7) is 8.12. The van der Waals surface area contributed by atoms with Gasteiger partial charge in [-0.1, -0.05) is 60.1 Å². The van der Waals surface area contributed by atoms with Gasteiger partial charge >= 0.3 is 0 Å². The number of halogens is 1. The lowest BCUT2D eigenvalue weighted by Gasteiger charge is -2.39. The molecule has 0 radical (unpaired) electrons. The molecule has 1 aliphatic heterocycles. The van der Waals surface area contributed by atoms with Gasteiger partial charge in [-0.3, -0.25) is 9.59 Å². The number of aryl methyl sites for hydroxylation is 1. The van der Waals surface area contributed by atoms with E-state index in [0.29, 0.717) is 12.0 Å². The van der Waals surface area contributed by atoms with Crippen LogP contribution in [0.2, 0.25) is 0 Å². The number of anilines is 1. The van der Waals surface area contributed by atoms with Gasteiger partial charge in [0.1, 0.15) is 0 Å². The van der Waals surface area contributed by atoms with Crippen LogP contribution in [-0.2, 0) is 9.59 Å². The summed E-state index contributed by atoms with van der Waals surface area (Å²) in [5.74, 6) is -0.464. The molecule has 2 aliphatic rings. The number of benzene rings is 2. The van der Waals surface area contributed by atoms with E-state index in [1.807, 2.05) is 62.4 Å². The molecule has 1 amide bonds. The van der Waals surface area contributed by atoms with Crippen molar-refractivity contribution in [3.05, 3.63) is 86.7 Å². The van der Waals surface area contributed by atoms with Crippen LogP contribution in [-0.4, -0.2) is 11.7 Å². The van der Waals surface area contributed by atoms with Crippen molar-refractivity contribution in [1.82, 2.24) is 5.32 Å². The Hall–Kier alpha value is -2.66. The van der Waals surface area contributed by atoms with Crippen LogP contribution in [0.3, 0.4) is 0 Å². The summed E-state index contributed by atoms with van der Waals surface area (Å²) in [6, 6.07) is 15.6. The highest BCUT2D eigenvalue weighted by Gasteiger charge is 2.42. The second-order valence-electron chi connectivity index (χ2n) is 9.25. The highest BCUT2D eigenvalue weighted by molar-refractivity contribution is 9.10. The van der Waals surface area contributed by atoms with E-state index in [9.17, 15) is 9.59 Å². The molecule has 0 bridgehead atoms. The van der Waals surface area contributed by atoms with Gasteiger partial charge in [-0.25, -0.2) is 0 Å². The maximum absolute atomic E-state index is 13.5. The van der Waals surface area contributed by atoms with Crippen molar-refractivity contribution >= 4 is 33.3 Å². The van der Waals surface area contributed by atoms with Gasteiger partial charge in [-0.05, 0) is 55.0 Å². The molecule has 2 N–H and O–H groups in total. The Morgan fingerprint density at radius 1 is 1.06 bits per heavy atom. The summed E-state index contributed by atoms with van der Waals surface area (Å²) < 4.78 is 0.960. The number of nitrogens with one attached hydrogen (secondary N) is 2. The zero-order valence-electron chi connectivity index (χ0n) is 18.3. The monoisotopic (exact) mass is 478 g/mol. The van der Waals surface area contributed by atoms with Gasteiger partial charge in [0.2, 0.25) is 0 Å². The van der Waals surface area contributed by atoms with Crippen molar-refractivity contribution in [1.29, 1.82) is 0 Å². The Morgan fingerprint density at radius 2 is 1.74 bits per heavy atom. The Bertz CT molecular complexity index is 1130. The molecule has 0 fully saturated rings. The van der Waals surface area contributed by atoms with Gasteiger partial charge in [0, 0.05) is 45.0 Å². The van der Waals surface area contributed by atoms with Gasteiger partial charge < -0.3 is 10.6 Å². The van der Waals surface area contributed by atoms with Crippen molar-refractivity contribution in [3.8, 4) is 0 Å². The lowest BCUT2D eigenvalue weighted by Crippen LogP contribution is -2.39. The third-order valence-corrected chi connectivity index (χ3v) is 6.61. The predicted octanol–water partition coefficient (Wildman–Crippen LogP) is 6.00. The van der Waals surface area contributed by atoms with Crippen LogP contribution in [0.4, 0.5) is 5.69 Å². The van der Waals surface area contributed by atoms with Crippen LogP contribution < -0.4 is 10.6 Å². The fraction of sp³-hybridized carbons (Fsp3) is 0.308. The first-order valence-corrected chi connectivity index (χ1v) is 11.3. The van der Waals surface area contributed by atoms with Crippen molar-refractivity contribution in [3.63, 3.8) is 0 Å². The molecule has 4 nitrogen and oxygen atoms in total. The molecule has 2 aromatic rings. The zero-order chi connectivity index (χ0) is 22.3. The van der Waals surface area contributed by atoms with Crippen LogP contribution in [0.1, 0.15) is 50.7 Å². The predicted molar refractivity (Wildman–Crippen MR) is 128 cm³/mol. The first kappa shape index (κ1) is 21.6. The summed E-state index contributed by atoms with van der Waals surface area (Å²) >= 11 is 3.49. The maximum atomic E-state index is 13.5. The lowest BCUT2D eigenvalue weighted by atomic mass is 9.68. The number of Topliss-reactive ketones (excluding diaryl/α,β-unsaturated/α-hetero) is 1. The molecule has 0 aromatic heterocycles. The fourth-order valence-electron chi connectivity index (χ4n) is 4.63. The summed E-state index contributed by atoms with van der Waals surface area (Å²) in [5.41, 5.74) is 5.67. The Balaban J connectivity index is 1.81. The number of allylic oxidation sites excluding steroid dienone is 3. The first-order chi connectivity index (χ1) is 14.7. The molecule has 5 heteroatoms. The summed E-state index contributed by atoms with van der Waals surface area (Å²) in [6.07, 6.45) is 1.26. The minimum Gasteiger partial charge on any atom is -0.362 e. The Morgan fingerprint density at radius 3 is 2.42 bits per heavy atom. The van der Waals surface area contributed by atoms with Crippen LogP contribution in [0.25, 0.3) is 0 Å². The number of hydrogen-bond acceptors (Lipinski definition) is 3. The van der Waals surface area contributed by atoms with Crippen LogP contribution in [0.5, 0.6) is 0 Å². The number of carbonyl (C=O) groups excluding carboxylic acids is 2. The third-order valence-electron chi connectivity index (χ3n) is 6.08. The molecule has 31 heavy (non-hydrogen) atoms. The number of hydrogen-bond donors (Lipinski definition) is 2. The number of dihydropyridines is 1. The maximum Gasteiger partial charge on any atom is 0.254 e. The van der Waals surface area contributed by atoms with Crippen LogP contribution >= 0.6 is 15.9 Å². The standard InChI is InChI=1S/C26H27BrN2O2/c1-15-7-5-6-8-19(15)29-25(31)22-16(2)28-20-13-26(3,4)14-21(30)24(20)23(22)17-9-11-18(27)12-10-17/h5-12,23,28H,13-14H2,1-4H3,(H,29,31). The van der Waals surface area contributed by atoms with E-state index in [1.165, 1.54) is 0 Å². The molecular formula is C26H27BrN2O2. The topological polar surface area (TPSA) is 58.2 Å². The van der Waals surface area contributed by atoms with Gasteiger partial charge in [0.25, 0.3) is 5.91 Å². The van der Waals surface area contributed by atoms with E-state index in [1.54, 1.807) is 0 Å². The quantitative estimate of drug-likeness (QED) is 0.568. The third kappa shape index (κ3) is 4.24. The molecule has 0 saturated carbocycles. The average molecular weight is 479 g/mol. The summed E-state index contributed by atoms with van der Waals surface area (Å²) in [4.78, 5) is 26.9. The number of rotatable bonds is 3. The lowest BCUT2D eigenvalue weighted by molar-refractivity contribution is -0.118. The van der Waals surface area contributed by atoms with E-state index < -0.39 is 5.92 Å². The molecule has 160 valence electrons. The number of amides is 1. The van der Waals surface area contributed by atoms with Crippen molar-refractivity contribution in [2.75, 3.05) is 5.32 Å². The summed E-state index contributed by atoms with van der Waals surface area (Å²) in [7, 11) is 0. The molecule has 1 atom stereocenters. The smallest absolute Gasteiger partial charge is 0.254 e. The first-order valence-electron chi connectivity index (χ1n) is 10.5. The molecule has 2 aromatic carbocycles. The minimum atomic E-state index is -0.392. The van der Waals surface area contributed by atoms with Gasteiger partial charge in [-0.2, -0.15) is 0 Å². The normalized spacial score (nSPS) is 20.3. The minimum absolute atomic E-state index is 0.103. The number of para-hydroxylation sites is 1. The molecule has 4 rings (SSSR count). The molecule has 1 heterocycles. The van der Waals surface area contributed by atoms with Crippen LogP contribution in [0, 0.1) is 12.3 Å². The molecule has 1 unspecified atom stereocenters. The second-order valence-corrected chi connectivity index (χ2v) is 10.2. The SMILES string of the molecule is CC1=C(C(=O)Nc2ccccc2C)C(c2ccc(Br)cc2)C2=C(CC(C)(C)CC2=O)N1. The Kier molecular flexibility index (Phi) is 5.65. The molecule has 0 saturated heterocycles. The van der Waals surface area contributed by atoms with E-state index in [2.05, 4.69) is 40.4 Å². The van der Waals surface area contributed by atoms with E-state index in [-0.39, 0.29) is 17.1 Å². The van der Waals surface area contributed by atoms with Crippen LogP contribution in [0.15, 0.2) is 75.5 Å². The van der Waals surface area contributed by atoms with Gasteiger partial charge in [0.05, 0.1) is 0 Å². The molecule has 0 spiro atoms. The van der Waals surface area contributed by atoms with Gasteiger partial charge in [-0.15, -0.1) is 0 Å². The highest BCUT2D eigenvalue weighted by atomic mass is 79.9. The Labute approximate surface area is 191 Å². The molecular weight excluding hydrogens is 452 g/mol. The number of carbonyl (C=O) groups is 2. The van der Waals surface area contributed by atoms with E-state index in [4.69, 9.17) is 0 Å². The van der Waals surface area contributed by atoms with Crippen molar-refractivity contribution < 1.29 is 9.59 Å². The zero-order valence-corrected chi connectivity index (χ0v) is 19.9. The second kappa shape index (κ2) is 8.12. The fourth-order valence-corrected chi connectivity index (χ4v) is 4.89. The summed E-state index contributed by atoms with van der Waals surface area (Å²) in [5, 5.41) is 6.48.